The Hall–Kier alpha value is -4.33. The summed E-state index contributed by atoms with van der Waals surface area (Å²) < 4.78 is 16.4. The standard InChI is InChI=1S/C27H29N3O5/c1-19-5-4-6-21(15-19)18-35-24-12-7-20(16-25(24)34-3)17-28-30-27(32)14-13-26(31)29-22-8-10-23(33-2)11-9-22/h4-12,15-17H,13-14,18H2,1-3H3,(H,29,31)(H,30,32). The number of nitrogens with one attached hydrogen (secondary N) is 2. The minimum Gasteiger partial charge on any atom is -0.497 e. The van der Waals surface area contributed by atoms with Gasteiger partial charge >= 0.3 is 0 Å². The van der Waals surface area contributed by atoms with Crippen molar-refractivity contribution in [3.8, 4) is 17.2 Å². The highest BCUT2D eigenvalue weighted by Crippen LogP contribution is 2.28. The molecule has 0 heterocycles. The maximum Gasteiger partial charge on any atom is 0.240 e. The van der Waals surface area contributed by atoms with Crippen LogP contribution in [0.15, 0.2) is 71.8 Å². The molecule has 0 bridgehead atoms. The molecule has 0 aliphatic heterocycles. The van der Waals surface area contributed by atoms with Gasteiger partial charge in [0, 0.05) is 18.5 Å². The number of hydrogen-bond acceptors (Lipinski definition) is 6. The number of hydrogen-bond donors (Lipinski definition) is 2. The highest BCUT2D eigenvalue weighted by atomic mass is 16.5. The monoisotopic (exact) mass is 475 g/mol. The van der Waals surface area contributed by atoms with Gasteiger partial charge in [-0.1, -0.05) is 29.8 Å². The fraction of sp³-hybridized carbons (Fsp3) is 0.222. The minimum absolute atomic E-state index is 0.00832. The first-order valence-electron chi connectivity index (χ1n) is 11.1. The normalized spacial score (nSPS) is 10.6. The van der Waals surface area contributed by atoms with E-state index in [-0.39, 0.29) is 24.7 Å². The Morgan fingerprint density at radius 1 is 0.886 bits per heavy atom. The second-order valence-electron chi connectivity index (χ2n) is 7.76. The molecule has 0 saturated heterocycles. The third kappa shape index (κ3) is 8.19. The lowest BCUT2D eigenvalue weighted by molar-refractivity contribution is -0.124. The number of anilines is 1. The summed E-state index contributed by atoms with van der Waals surface area (Å²) in [6.45, 7) is 2.46. The van der Waals surface area contributed by atoms with Gasteiger partial charge in [0.2, 0.25) is 11.8 Å². The van der Waals surface area contributed by atoms with Crippen molar-refractivity contribution in [1.82, 2.24) is 5.43 Å². The van der Waals surface area contributed by atoms with Gasteiger partial charge < -0.3 is 19.5 Å². The molecule has 2 N–H and O–H groups in total. The van der Waals surface area contributed by atoms with Crippen LogP contribution in [-0.2, 0) is 16.2 Å². The Morgan fingerprint density at radius 2 is 1.66 bits per heavy atom. The van der Waals surface area contributed by atoms with Crippen LogP contribution < -0.4 is 25.0 Å². The third-order valence-electron chi connectivity index (χ3n) is 5.02. The molecule has 8 heteroatoms. The van der Waals surface area contributed by atoms with Gasteiger partial charge in [0.25, 0.3) is 0 Å². The SMILES string of the molecule is COc1ccc(NC(=O)CCC(=O)NN=Cc2ccc(OCc3cccc(C)c3)c(OC)c2)cc1. The summed E-state index contributed by atoms with van der Waals surface area (Å²) in [4.78, 5) is 24.1. The van der Waals surface area contributed by atoms with Crippen molar-refractivity contribution in [2.24, 2.45) is 5.10 Å². The van der Waals surface area contributed by atoms with Crippen LogP contribution in [0.1, 0.15) is 29.5 Å². The summed E-state index contributed by atoms with van der Waals surface area (Å²) in [7, 11) is 3.14. The lowest BCUT2D eigenvalue weighted by Gasteiger charge is -2.11. The Kier molecular flexibility index (Phi) is 9.24. The second-order valence-corrected chi connectivity index (χ2v) is 7.76. The molecule has 0 fully saturated rings. The van der Waals surface area contributed by atoms with Crippen molar-refractivity contribution in [2.45, 2.75) is 26.4 Å². The van der Waals surface area contributed by atoms with Gasteiger partial charge in [-0.05, 0) is 60.5 Å². The molecule has 0 saturated carbocycles. The molecule has 0 radical (unpaired) electrons. The molecule has 35 heavy (non-hydrogen) atoms. The highest BCUT2D eigenvalue weighted by Gasteiger charge is 2.08. The summed E-state index contributed by atoms with van der Waals surface area (Å²) in [5, 5.41) is 6.70. The molecule has 3 aromatic carbocycles. The highest BCUT2D eigenvalue weighted by molar-refractivity contribution is 5.93. The van der Waals surface area contributed by atoms with Crippen molar-refractivity contribution in [2.75, 3.05) is 19.5 Å². The zero-order valence-electron chi connectivity index (χ0n) is 20.0. The molecule has 0 aromatic heterocycles. The van der Waals surface area contributed by atoms with E-state index in [0.29, 0.717) is 29.5 Å². The van der Waals surface area contributed by atoms with Crippen LogP contribution in [0.2, 0.25) is 0 Å². The fourth-order valence-electron chi connectivity index (χ4n) is 3.21. The second kappa shape index (κ2) is 12.8. The summed E-state index contributed by atoms with van der Waals surface area (Å²) in [5.41, 5.74) is 6.03. The zero-order chi connectivity index (χ0) is 25.0. The first-order chi connectivity index (χ1) is 17.0. The Labute approximate surface area is 204 Å². The zero-order valence-corrected chi connectivity index (χ0v) is 20.0. The molecule has 0 aliphatic rings. The van der Waals surface area contributed by atoms with E-state index in [1.54, 1.807) is 50.6 Å². The van der Waals surface area contributed by atoms with Crippen molar-refractivity contribution in [3.05, 3.63) is 83.4 Å². The Bertz CT molecular complexity index is 1180. The number of amides is 2. The number of carbonyl (C=O) groups is 2. The maximum atomic E-state index is 12.0. The lowest BCUT2D eigenvalue weighted by atomic mass is 10.1. The van der Waals surface area contributed by atoms with E-state index in [0.717, 1.165) is 11.1 Å². The molecule has 0 unspecified atom stereocenters. The Morgan fingerprint density at radius 3 is 2.37 bits per heavy atom. The van der Waals surface area contributed by atoms with E-state index in [1.807, 2.05) is 31.2 Å². The smallest absolute Gasteiger partial charge is 0.240 e. The number of nitrogens with zero attached hydrogens (tertiary/aromatic N) is 1. The van der Waals surface area contributed by atoms with Gasteiger partial charge in [-0.2, -0.15) is 5.10 Å². The van der Waals surface area contributed by atoms with Crippen LogP contribution in [-0.4, -0.2) is 32.2 Å². The molecule has 182 valence electrons. The van der Waals surface area contributed by atoms with Crippen LogP contribution in [0, 0.1) is 6.92 Å². The summed E-state index contributed by atoms with van der Waals surface area (Å²) in [6.07, 6.45) is 1.55. The van der Waals surface area contributed by atoms with E-state index in [1.165, 1.54) is 11.8 Å². The number of ether oxygens (including phenoxy) is 3. The number of methoxy groups -OCH3 is 2. The third-order valence-corrected chi connectivity index (χ3v) is 5.02. The number of carbonyl (C=O) groups excluding carboxylic acids is 2. The topological polar surface area (TPSA) is 98.2 Å². The van der Waals surface area contributed by atoms with Gasteiger partial charge in [0.05, 0.1) is 20.4 Å². The average Bonchev–Trinajstić information content (AvgIpc) is 2.87. The number of benzene rings is 3. The lowest BCUT2D eigenvalue weighted by Crippen LogP contribution is -2.20. The van der Waals surface area contributed by atoms with E-state index in [4.69, 9.17) is 14.2 Å². The van der Waals surface area contributed by atoms with Crippen molar-refractivity contribution >= 4 is 23.7 Å². The van der Waals surface area contributed by atoms with Crippen LogP contribution in [0.3, 0.4) is 0 Å². The summed E-state index contributed by atoms with van der Waals surface area (Å²) in [6, 6.07) is 20.4. The molecular weight excluding hydrogens is 446 g/mol. The quantitative estimate of drug-likeness (QED) is 0.315. The summed E-state index contributed by atoms with van der Waals surface area (Å²) in [5.74, 6) is 1.24. The summed E-state index contributed by atoms with van der Waals surface area (Å²) >= 11 is 0. The molecule has 0 aliphatic carbocycles. The molecule has 3 rings (SSSR count). The van der Waals surface area contributed by atoms with Crippen molar-refractivity contribution < 1.29 is 23.8 Å². The fourth-order valence-corrected chi connectivity index (χ4v) is 3.21. The van der Waals surface area contributed by atoms with Crippen LogP contribution in [0.25, 0.3) is 0 Å². The predicted molar refractivity (Wildman–Crippen MR) is 135 cm³/mol. The van der Waals surface area contributed by atoms with Crippen LogP contribution >= 0.6 is 0 Å². The number of aryl methyl sites for hydroxylation is 1. The molecule has 0 atom stereocenters. The van der Waals surface area contributed by atoms with Gasteiger partial charge in [-0.25, -0.2) is 5.43 Å². The predicted octanol–water partition coefficient (Wildman–Crippen LogP) is 4.46. The minimum atomic E-state index is -0.365. The number of rotatable bonds is 11. The molecule has 3 aromatic rings. The van der Waals surface area contributed by atoms with Gasteiger partial charge in [-0.3, -0.25) is 9.59 Å². The molecule has 8 nitrogen and oxygen atoms in total. The molecular formula is C27H29N3O5. The average molecular weight is 476 g/mol. The van der Waals surface area contributed by atoms with Crippen LogP contribution in [0.4, 0.5) is 5.69 Å². The van der Waals surface area contributed by atoms with Crippen molar-refractivity contribution in [3.63, 3.8) is 0 Å². The van der Waals surface area contributed by atoms with Gasteiger partial charge in [0.1, 0.15) is 12.4 Å². The first-order valence-corrected chi connectivity index (χ1v) is 11.1. The van der Waals surface area contributed by atoms with Crippen molar-refractivity contribution in [1.29, 1.82) is 0 Å². The number of hydrazone groups is 1. The largest absolute Gasteiger partial charge is 0.497 e. The van der Waals surface area contributed by atoms with E-state index in [9.17, 15) is 9.59 Å². The van der Waals surface area contributed by atoms with Gasteiger partial charge in [-0.15, -0.1) is 0 Å². The Balaban J connectivity index is 1.45. The first kappa shape index (κ1) is 25.3. The van der Waals surface area contributed by atoms with Gasteiger partial charge in [0.15, 0.2) is 11.5 Å². The van der Waals surface area contributed by atoms with Crippen LogP contribution in [0.5, 0.6) is 17.2 Å². The molecule has 2 amide bonds. The maximum absolute atomic E-state index is 12.0. The molecule has 0 spiro atoms. The van der Waals surface area contributed by atoms with E-state index < -0.39 is 0 Å². The van der Waals surface area contributed by atoms with E-state index >= 15 is 0 Å². The van der Waals surface area contributed by atoms with E-state index in [2.05, 4.69) is 21.9 Å².